The van der Waals surface area contributed by atoms with E-state index in [9.17, 15) is 4.79 Å². The Hall–Kier alpha value is -3.27. The minimum Gasteiger partial charge on any atom is -0.489 e. The van der Waals surface area contributed by atoms with Gasteiger partial charge in [-0.05, 0) is 79.6 Å². The SMILES string of the molecule is CC1=C(C(=O)OC2CCCCC2)C(c2ccc(OCc3cccc(Br)c3)cc2)n2nc(SCc3ccccc3Cl)nc2N1. The van der Waals surface area contributed by atoms with Gasteiger partial charge in [-0.1, -0.05) is 88.2 Å². The van der Waals surface area contributed by atoms with Crippen molar-refractivity contribution in [1.29, 1.82) is 0 Å². The van der Waals surface area contributed by atoms with Crippen LogP contribution in [0.2, 0.25) is 5.02 Å². The van der Waals surface area contributed by atoms with E-state index >= 15 is 0 Å². The van der Waals surface area contributed by atoms with Gasteiger partial charge in [0.2, 0.25) is 11.1 Å². The molecule has 7 nitrogen and oxygen atoms in total. The average molecular weight is 680 g/mol. The molecule has 3 aromatic carbocycles. The highest BCUT2D eigenvalue weighted by molar-refractivity contribution is 9.10. The van der Waals surface area contributed by atoms with Crippen molar-refractivity contribution in [2.24, 2.45) is 0 Å². The molecule has 43 heavy (non-hydrogen) atoms. The average Bonchev–Trinajstić information content (AvgIpc) is 3.42. The first-order chi connectivity index (χ1) is 20.9. The number of anilines is 1. The molecule has 0 radical (unpaired) electrons. The molecule has 1 saturated carbocycles. The lowest BCUT2D eigenvalue weighted by Gasteiger charge is -2.30. The number of allylic oxidation sites excluding steroid dienone is 1. The molecule has 0 saturated heterocycles. The number of thioether (sulfide) groups is 1. The minimum atomic E-state index is -0.506. The van der Waals surface area contributed by atoms with Crippen molar-refractivity contribution < 1.29 is 14.3 Å². The Morgan fingerprint density at radius 3 is 2.63 bits per heavy atom. The molecule has 1 aliphatic heterocycles. The van der Waals surface area contributed by atoms with Crippen LogP contribution in [-0.2, 0) is 21.9 Å². The summed E-state index contributed by atoms with van der Waals surface area (Å²) in [7, 11) is 0. The molecular weight excluding hydrogens is 648 g/mol. The second-order valence-electron chi connectivity index (χ2n) is 10.8. The second-order valence-corrected chi connectivity index (χ2v) is 13.0. The summed E-state index contributed by atoms with van der Waals surface area (Å²) in [5.74, 6) is 1.62. The summed E-state index contributed by atoms with van der Waals surface area (Å²) in [6, 6.07) is 23.1. The van der Waals surface area contributed by atoms with Crippen molar-refractivity contribution in [3.05, 3.63) is 110 Å². The molecule has 0 amide bonds. The number of benzene rings is 3. The largest absolute Gasteiger partial charge is 0.489 e. The molecule has 0 spiro atoms. The van der Waals surface area contributed by atoms with E-state index in [2.05, 4.69) is 21.2 Å². The van der Waals surface area contributed by atoms with Crippen LogP contribution in [0.3, 0.4) is 0 Å². The van der Waals surface area contributed by atoms with E-state index in [1.165, 1.54) is 18.2 Å². The van der Waals surface area contributed by atoms with Crippen molar-refractivity contribution in [3.63, 3.8) is 0 Å². The van der Waals surface area contributed by atoms with Crippen molar-refractivity contribution in [1.82, 2.24) is 14.8 Å². The number of nitrogens with one attached hydrogen (secondary N) is 1. The standard InChI is InChI=1S/C33H32BrClN4O3S/c1-21-29(31(40)42-27-11-3-2-4-12-27)30(23-14-16-26(17-15-23)41-19-22-8-7-10-25(34)18-22)39-32(36-21)37-33(38-39)43-20-24-9-5-6-13-28(24)35/h5-10,13-18,27,30H,2-4,11-12,19-20H2,1H3,(H,36,37,38). The number of hydrogen-bond donors (Lipinski definition) is 1. The van der Waals surface area contributed by atoms with Gasteiger partial charge >= 0.3 is 5.97 Å². The molecule has 1 fully saturated rings. The molecule has 4 aromatic rings. The number of fused-ring (bicyclic) bond motifs is 1. The fourth-order valence-corrected chi connectivity index (χ4v) is 7.02. The van der Waals surface area contributed by atoms with Crippen molar-refractivity contribution in [3.8, 4) is 5.75 Å². The summed E-state index contributed by atoms with van der Waals surface area (Å²) in [5, 5.41) is 9.48. The maximum atomic E-state index is 13.7. The predicted molar refractivity (Wildman–Crippen MR) is 173 cm³/mol. The minimum absolute atomic E-state index is 0.0603. The number of esters is 1. The highest BCUT2D eigenvalue weighted by atomic mass is 79.9. The van der Waals surface area contributed by atoms with E-state index in [4.69, 9.17) is 31.2 Å². The van der Waals surface area contributed by atoms with Gasteiger partial charge in [0.1, 0.15) is 24.5 Å². The monoisotopic (exact) mass is 678 g/mol. The Balaban J connectivity index is 1.27. The maximum Gasteiger partial charge on any atom is 0.338 e. The lowest BCUT2D eigenvalue weighted by atomic mass is 9.95. The normalized spacial score (nSPS) is 16.9. The quantitative estimate of drug-likeness (QED) is 0.140. The topological polar surface area (TPSA) is 78.3 Å². The Bertz CT molecular complexity index is 1640. The van der Waals surface area contributed by atoms with Gasteiger partial charge in [0.25, 0.3) is 0 Å². The highest BCUT2D eigenvalue weighted by Gasteiger charge is 2.36. The van der Waals surface area contributed by atoms with Crippen LogP contribution in [0.1, 0.15) is 61.8 Å². The number of carbonyl (C=O) groups is 1. The zero-order chi connectivity index (χ0) is 29.8. The highest BCUT2D eigenvalue weighted by Crippen LogP contribution is 2.38. The molecule has 2 aliphatic rings. The zero-order valence-electron chi connectivity index (χ0n) is 23.8. The van der Waals surface area contributed by atoms with Crippen LogP contribution in [0.4, 0.5) is 5.95 Å². The zero-order valence-corrected chi connectivity index (χ0v) is 26.9. The van der Waals surface area contributed by atoms with E-state index in [1.54, 1.807) is 4.68 Å². The fraction of sp³-hybridized carbons (Fsp3) is 0.303. The van der Waals surface area contributed by atoms with Crippen molar-refractivity contribution in [2.75, 3.05) is 5.32 Å². The molecule has 1 N–H and O–H groups in total. The van der Waals surface area contributed by atoms with Crippen molar-refractivity contribution in [2.45, 2.75) is 68.7 Å². The van der Waals surface area contributed by atoms with Gasteiger partial charge in [-0.3, -0.25) is 0 Å². The van der Waals surface area contributed by atoms with Gasteiger partial charge in [-0.25, -0.2) is 9.48 Å². The Morgan fingerprint density at radius 1 is 1.07 bits per heavy atom. The van der Waals surface area contributed by atoms with Gasteiger partial charge < -0.3 is 14.8 Å². The van der Waals surface area contributed by atoms with Crippen LogP contribution in [0.15, 0.2) is 93.7 Å². The molecule has 1 atom stereocenters. The number of nitrogens with zero attached hydrogens (tertiary/aromatic N) is 3. The summed E-state index contributed by atoms with van der Waals surface area (Å²) in [5.41, 5.74) is 4.21. The Kier molecular flexibility index (Phi) is 9.40. The number of halogens is 2. The van der Waals surface area contributed by atoms with E-state index < -0.39 is 6.04 Å². The molecule has 0 bridgehead atoms. The van der Waals surface area contributed by atoms with Gasteiger partial charge in [0.15, 0.2) is 0 Å². The third-order valence-electron chi connectivity index (χ3n) is 7.68. The maximum absolute atomic E-state index is 13.7. The summed E-state index contributed by atoms with van der Waals surface area (Å²) >= 11 is 11.4. The van der Waals surface area contributed by atoms with E-state index in [1.807, 2.05) is 79.7 Å². The molecule has 10 heteroatoms. The van der Waals surface area contributed by atoms with E-state index in [0.29, 0.717) is 39.8 Å². The van der Waals surface area contributed by atoms with Gasteiger partial charge in [-0.15, -0.1) is 5.10 Å². The number of aromatic nitrogens is 3. The van der Waals surface area contributed by atoms with E-state index in [0.717, 1.165) is 52.6 Å². The van der Waals surface area contributed by atoms with Crippen LogP contribution in [-0.4, -0.2) is 26.8 Å². The van der Waals surface area contributed by atoms with Gasteiger partial charge in [0, 0.05) is 20.9 Å². The third kappa shape index (κ3) is 7.11. The summed E-state index contributed by atoms with van der Waals surface area (Å²) in [6.45, 7) is 2.35. The number of rotatable bonds is 9. The molecule has 1 aliphatic carbocycles. The van der Waals surface area contributed by atoms with Gasteiger partial charge in [0.05, 0.1) is 5.57 Å². The first-order valence-electron chi connectivity index (χ1n) is 14.4. The van der Waals surface area contributed by atoms with Crippen LogP contribution < -0.4 is 10.1 Å². The lowest BCUT2D eigenvalue weighted by molar-refractivity contribution is -0.146. The summed E-state index contributed by atoms with van der Waals surface area (Å²) < 4.78 is 14.9. The first-order valence-corrected chi connectivity index (χ1v) is 16.6. The first kappa shape index (κ1) is 29.8. The van der Waals surface area contributed by atoms with Crippen LogP contribution >= 0.6 is 39.3 Å². The molecule has 222 valence electrons. The van der Waals surface area contributed by atoms with Crippen molar-refractivity contribution >= 4 is 51.2 Å². The lowest BCUT2D eigenvalue weighted by Crippen LogP contribution is -2.32. The molecule has 6 rings (SSSR count). The smallest absolute Gasteiger partial charge is 0.338 e. The Labute approximate surface area is 269 Å². The van der Waals surface area contributed by atoms with Crippen LogP contribution in [0.25, 0.3) is 0 Å². The molecule has 1 aromatic heterocycles. The summed E-state index contributed by atoms with van der Waals surface area (Å²) in [4.78, 5) is 18.5. The van der Waals surface area contributed by atoms with Crippen LogP contribution in [0, 0.1) is 0 Å². The van der Waals surface area contributed by atoms with E-state index in [-0.39, 0.29) is 12.1 Å². The number of hydrogen-bond acceptors (Lipinski definition) is 7. The molecule has 1 unspecified atom stereocenters. The second kappa shape index (κ2) is 13.6. The summed E-state index contributed by atoms with van der Waals surface area (Å²) in [6.07, 6.45) is 5.09. The predicted octanol–water partition coefficient (Wildman–Crippen LogP) is 8.73. The number of ether oxygens (including phenoxy) is 2. The molecule has 2 heterocycles. The third-order valence-corrected chi connectivity index (χ3v) is 9.43. The Morgan fingerprint density at radius 2 is 1.86 bits per heavy atom. The molecular formula is C33H32BrClN4O3S. The fourth-order valence-electron chi connectivity index (χ4n) is 5.46. The van der Waals surface area contributed by atoms with Gasteiger partial charge in [-0.2, -0.15) is 4.98 Å². The number of carbonyl (C=O) groups excluding carboxylic acids is 1. The van der Waals surface area contributed by atoms with Crippen LogP contribution in [0.5, 0.6) is 5.75 Å².